The highest BCUT2D eigenvalue weighted by atomic mass is 16.3. The van der Waals surface area contributed by atoms with Crippen LogP contribution in [0.5, 0.6) is 0 Å². The van der Waals surface area contributed by atoms with Crippen molar-refractivity contribution in [3.63, 3.8) is 0 Å². The number of nitrogens with zero attached hydrogens (tertiary/aromatic N) is 4. The third-order valence-corrected chi connectivity index (χ3v) is 3.98. The maximum atomic E-state index is 10.7. The average molecular weight is 350 g/mol. The van der Waals surface area contributed by atoms with Crippen molar-refractivity contribution < 1.29 is 19.5 Å². The lowest BCUT2D eigenvalue weighted by Gasteiger charge is -2.32. The van der Waals surface area contributed by atoms with Gasteiger partial charge in [-0.15, -0.1) is 0 Å². The van der Waals surface area contributed by atoms with Crippen LogP contribution in [0.25, 0.3) is 0 Å². The van der Waals surface area contributed by atoms with Gasteiger partial charge in [-0.1, -0.05) is 0 Å². The molecule has 0 bridgehead atoms. The summed E-state index contributed by atoms with van der Waals surface area (Å²) >= 11 is 0. The van der Waals surface area contributed by atoms with Gasteiger partial charge in [0, 0.05) is 58.9 Å². The molecule has 25 heavy (non-hydrogen) atoms. The lowest BCUT2D eigenvalue weighted by Crippen LogP contribution is -2.44. The molecule has 0 spiro atoms. The van der Waals surface area contributed by atoms with Crippen molar-refractivity contribution in [2.24, 2.45) is 0 Å². The number of hydrogen-bond acceptors (Lipinski definition) is 8. The molecule has 0 aliphatic carbocycles. The normalized spacial score (nSPS) is 18.7. The summed E-state index contributed by atoms with van der Waals surface area (Å²) < 4.78 is 0. The smallest absolute Gasteiger partial charge is 0.142 e. The van der Waals surface area contributed by atoms with Gasteiger partial charge in [0.2, 0.25) is 0 Å². The second-order valence-corrected chi connectivity index (χ2v) is 6.00. The summed E-state index contributed by atoms with van der Waals surface area (Å²) in [6.45, 7) is 6.96. The van der Waals surface area contributed by atoms with Gasteiger partial charge in [-0.3, -0.25) is 4.90 Å². The van der Waals surface area contributed by atoms with E-state index < -0.39 is 6.10 Å². The Kier molecular flexibility index (Phi) is 10.0. The van der Waals surface area contributed by atoms with E-state index >= 15 is 0 Å². The third kappa shape index (κ3) is 8.91. The monoisotopic (exact) mass is 350 g/mol. The molecule has 0 aromatic carbocycles. The molecule has 1 unspecified atom stereocenters. The molecular weight excluding hydrogens is 324 g/mol. The van der Waals surface area contributed by atoms with E-state index in [9.17, 15) is 19.5 Å². The molecule has 1 heterocycles. The predicted octanol–water partition coefficient (Wildman–Crippen LogP) is -1.38. The van der Waals surface area contributed by atoms with Crippen LogP contribution in [0.15, 0.2) is 18.6 Å². The van der Waals surface area contributed by atoms with E-state index in [2.05, 4.69) is 4.90 Å². The molecular formula is C17H26N4O4. The molecule has 8 heteroatoms. The first kappa shape index (κ1) is 20.7. The van der Waals surface area contributed by atoms with Gasteiger partial charge in [0.25, 0.3) is 0 Å². The van der Waals surface area contributed by atoms with Gasteiger partial charge < -0.3 is 19.8 Å². The van der Waals surface area contributed by atoms with Crippen LogP contribution >= 0.6 is 0 Å². The van der Waals surface area contributed by atoms with Crippen molar-refractivity contribution in [1.82, 2.24) is 19.6 Å². The SMILES string of the molecule is CC(O)CN1CCN(C=C=O)CCN(C=C=O)CCN(C=C=O)CC1. The number of hydrogen-bond donors (Lipinski definition) is 1. The van der Waals surface area contributed by atoms with Crippen molar-refractivity contribution in [3.05, 3.63) is 18.6 Å². The fourth-order valence-corrected chi connectivity index (χ4v) is 2.67. The predicted molar refractivity (Wildman–Crippen MR) is 93.6 cm³/mol. The van der Waals surface area contributed by atoms with Gasteiger partial charge in [-0.2, -0.15) is 0 Å². The molecule has 138 valence electrons. The van der Waals surface area contributed by atoms with Crippen molar-refractivity contribution in [2.45, 2.75) is 13.0 Å². The number of aliphatic hydroxyl groups is 1. The minimum atomic E-state index is -0.466. The van der Waals surface area contributed by atoms with Gasteiger partial charge in [0.1, 0.15) is 17.8 Å². The summed E-state index contributed by atoms with van der Waals surface area (Å²) in [5.41, 5.74) is 0. The highest BCUT2D eigenvalue weighted by Gasteiger charge is 2.14. The van der Waals surface area contributed by atoms with Gasteiger partial charge in [-0.05, 0) is 6.92 Å². The molecule has 0 radical (unpaired) electrons. The molecule has 1 fully saturated rings. The fourth-order valence-electron chi connectivity index (χ4n) is 2.67. The second-order valence-electron chi connectivity index (χ2n) is 6.00. The van der Waals surface area contributed by atoms with Crippen LogP contribution in [-0.2, 0) is 14.4 Å². The largest absolute Gasteiger partial charge is 0.392 e. The van der Waals surface area contributed by atoms with E-state index in [0.717, 1.165) is 0 Å². The standard InChI is InChI=1S/C17H26N4O4/c1-17(25)16-21-8-6-19(11-14-23)4-2-18(10-13-22)3-5-20(7-9-21)12-15-24/h10-12,17,25H,2-9,16H2,1H3. The topological polar surface area (TPSA) is 84.4 Å². The minimum Gasteiger partial charge on any atom is -0.392 e. The zero-order chi connectivity index (χ0) is 18.5. The molecule has 1 atom stereocenters. The molecule has 0 aromatic heterocycles. The molecule has 1 rings (SSSR count). The number of rotatable bonds is 5. The third-order valence-electron chi connectivity index (χ3n) is 3.98. The Bertz CT molecular complexity index is 501. The van der Waals surface area contributed by atoms with E-state index in [-0.39, 0.29) is 0 Å². The van der Waals surface area contributed by atoms with E-state index in [1.165, 1.54) is 18.6 Å². The second kappa shape index (κ2) is 12.1. The summed E-state index contributed by atoms with van der Waals surface area (Å²) in [5.74, 6) is 5.37. The Labute approximate surface area is 148 Å². The van der Waals surface area contributed by atoms with Crippen molar-refractivity contribution in [3.8, 4) is 0 Å². The summed E-state index contributed by atoms with van der Waals surface area (Å²) in [5, 5.41) is 9.67. The zero-order valence-corrected chi connectivity index (χ0v) is 14.6. The van der Waals surface area contributed by atoms with Gasteiger partial charge >= 0.3 is 0 Å². The molecule has 0 aromatic rings. The highest BCUT2D eigenvalue weighted by molar-refractivity contribution is 5.45. The van der Waals surface area contributed by atoms with Crippen LogP contribution in [0.4, 0.5) is 0 Å². The average Bonchev–Trinajstić information content (AvgIpc) is 2.57. The summed E-state index contributed by atoms with van der Waals surface area (Å²) in [4.78, 5) is 39.7. The van der Waals surface area contributed by atoms with E-state index in [4.69, 9.17) is 0 Å². The van der Waals surface area contributed by atoms with Crippen LogP contribution in [-0.4, -0.2) is 108 Å². The molecule has 0 amide bonds. The molecule has 1 aliphatic rings. The molecule has 0 saturated carbocycles. The summed E-state index contributed by atoms with van der Waals surface area (Å²) in [6.07, 6.45) is 3.62. The lowest BCUT2D eigenvalue weighted by atomic mass is 10.3. The van der Waals surface area contributed by atoms with Crippen LogP contribution in [0, 0.1) is 0 Å². The van der Waals surface area contributed by atoms with Gasteiger partial charge in [-0.25, -0.2) is 14.4 Å². The number of aliphatic hydroxyl groups excluding tert-OH is 1. The lowest BCUT2D eigenvalue weighted by molar-refractivity contribution is 0.111. The Balaban J connectivity index is 2.88. The van der Waals surface area contributed by atoms with E-state index in [1.807, 2.05) is 9.80 Å². The zero-order valence-electron chi connectivity index (χ0n) is 14.6. The molecule has 8 nitrogen and oxygen atoms in total. The molecule has 1 aliphatic heterocycles. The number of β-amino-alcohol motifs (C(OH)–C–C–N with tert-alkyl or cyclic N) is 1. The maximum Gasteiger partial charge on any atom is 0.142 e. The van der Waals surface area contributed by atoms with Crippen molar-refractivity contribution in [1.29, 1.82) is 0 Å². The van der Waals surface area contributed by atoms with Crippen LogP contribution in [0.1, 0.15) is 6.92 Å². The first-order valence-corrected chi connectivity index (χ1v) is 8.34. The first-order chi connectivity index (χ1) is 12.1. The van der Waals surface area contributed by atoms with E-state index in [1.54, 1.807) is 29.6 Å². The van der Waals surface area contributed by atoms with Gasteiger partial charge in [0.15, 0.2) is 0 Å². The van der Waals surface area contributed by atoms with Crippen LogP contribution in [0.3, 0.4) is 0 Å². The van der Waals surface area contributed by atoms with Crippen LogP contribution in [0.2, 0.25) is 0 Å². The molecule has 1 N–H and O–H groups in total. The van der Waals surface area contributed by atoms with E-state index in [0.29, 0.717) is 58.9 Å². The maximum absolute atomic E-state index is 10.7. The van der Waals surface area contributed by atoms with Gasteiger partial charge in [0.05, 0.1) is 24.7 Å². The summed E-state index contributed by atoms with van der Waals surface area (Å²) in [7, 11) is 0. The van der Waals surface area contributed by atoms with Crippen molar-refractivity contribution >= 4 is 17.8 Å². The fraction of sp³-hybridized carbons (Fsp3) is 0.647. The Morgan fingerprint density at radius 3 is 1.36 bits per heavy atom. The van der Waals surface area contributed by atoms with Crippen LogP contribution < -0.4 is 0 Å². The Morgan fingerprint density at radius 2 is 1.08 bits per heavy atom. The Hall–Kier alpha value is -2.33. The molecule has 1 saturated heterocycles. The highest BCUT2D eigenvalue weighted by Crippen LogP contribution is 2.01. The first-order valence-electron chi connectivity index (χ1n) is 8.34. The minimum absolute atomic E-state index is 0.466. The Morgan fingerprint density at radius 1 is 0.760 bits per heavy atom. The summed E-state index contributed by atoms with van der Waals surface area (Å²) in [6, 6.07) is 0. The number of carbonyl (C=O) groups excluding carboxylic acids is 3. The van der Waals surface area contributed by atoms with Crippen molar-refractivity contribution in [2.75, 3.05) is 58.9 Å². The quantitative estimate of drug-likeness (QED) is 0.608.